The van der Waals surface area contributed by atoms with Crippen LogP contribution >= 0.6 is 0 Å². The third-order valence-electron chi connectivity index (χ3n) is 4.69. The molecule has 3 aromatic rings. The lowest BCUT2D eigenvalue weighted by molar-refractivity contribution is 0.215. The van der Waals surface area contributed by atoms with Gasteiger partial charge in [-0.3, -0.25) is 5.32 Å². The molecule has 0 saturated heterocycles. The third kappa shape index (κ3) is 4.43. The van der Waals surface area contributed by atoms with Gasteiger partial charge >= 0.3 is 6.09 Å². The molecule has 5 heteroatoms. The molecule has 1 amide bonds. The Morgan fingerprint density at radius 3 is 2.18 bits per heavy atom. The predicted molar refractivity (Wildman–Crippen MR) is 109 cm³/mol. The van der Waals surface area contributed by atoms with Crippen molar-refractivity contribution in [3.8, 4) is 17.2 Å². The zero-order valence-electron chi connectivity index (χ0n) is 16.1. The van der Waals surface area contributed by atoms with Crippen LogP contribution in [0.2, 0.25) is 0 Å². The Balaban J connectivity index is 1.73. The molecule has 0 aliphatic rings. The second kappa shape index (κ2) is 8.05. The number of nitrogens with one attached hydrogen (secondary N) is 1. The number of carbonyl (C=O) groups is 1. The van der Waals surface area contributed by atoms with E-state index >= 15 is 0 Å². The van der Waals surface area contributed by atoms with Crippen LogP contribution in [0, 0.1) is 0 Å². The average molecular weight is 377 g/mol. The van der Waals surface area contributed by atoms with E-state index in [0.29, 0.717) is 17.2 Å². The number of amides is 1. The van der Waals surface area contributed by atoms with Crippen molar-refractivity contribution in [3.63, 3.8) is 0 Å². The van der Waals surface area contributed by atoms with Crippen molar-refractivity contribution in [1.29, 1.82) is 0 Å². The van der Waals surface area contributed by atoms with Crippen LogP contribution in [-0.2, 0) is 5.41 Å². The normalized spacial score (nSPS) is 11.0. The van der Waals surface area contributed by atoms with Crippen LogP contribution in [-0.4, -0.2) is 18.3 Å². The van der Waals surface area contributed by atoms with Gasteiger partial charge in [-0.25, -0.2) is 4.79 Å². The van der Waals surface area contributed by atoms with Gasteiger partial charge < -0.3 is 14.6 Å². The van der Waals surface area contributed by atoms with Gasteiger partial charge in [-0.2, -0.15) is 0 Å². The highest BCUT2D eigenvalue weighted by molar-refractivity contribution is 5.86. The summed E-state index contributed by atoms with van der Waals surface area (Å²) in [6, 6.07) is 21.6. The van der Waals surface area contributed by atoms with Gasteiger partial charge in [-0.05, 0) is 59.7 Å². The van der Waals surface area contributed by atoms with Crippen LogP contribution in [0.15, 0.2) is 72.8 Å². The van der Waals surface area contributed by atoms with Crippen molar-refractivity contribution >= 4 is 11.8 Å². The number of benzene rings is 3. The zero-order chi connectivity index (χ0) is 20.1. The molecule has 3 rings (SSSR count). The fourth-order valence-corrected chi connectivity index (χ4v) is 2.92. The number of hydrogen-bond donors (Lipinski definition) is 2. The van der Waals surface area contributed by atoms with E-state index in [9.17, 15) is 9.90 Å². The number of ether oxygens (including phenoxy) is 2. The smallest absolute Gasteiger partial charge is 0.417 e. The van der Waals surface area contributed by atoms with Gasteiger partial charge in [0.15, 0.2) is 0 Å². The average Bonchev–Trinajstić information content (AvgIpc) is 2.69. The predicted octanol–water partition coefficient (Wildman–Crippen LogP) is 5.34. The van der Waals surface area contributed by atoms with Gasteiger partial charge in [0, 0.05) is 11.1 Å². The lowest BCUT2D eigenvalue weighted by Gasteiger charge is -2.26. The van der Waals surface area contributed by atoms with Gasteiger partial charge in [0.25, 0.3) is 0 Å². The monoisotopic (exact) mass is 377 g/mol. The summed E-state index contributed by atoms with van der Waals surface area (Å²) in [4.78, 5) is 12.2. The van der Waals surface area contributed by atoms with E-state index in [0.717, 1.165) is 11.1 Å². The van der Waals surface area contributed by atoms with Crippen LogP contribution < -0.4 is 14.8 Å². The minimum atomic E-state index is -0.565. The minimum Gasteiger partial charge on any atom is -0.508 e. The Morgan fingerprint density at radius 1 is 0.893 bits per heavy atom. The standard InChI is InChI=1S/C23H23NO4/c1-23(2,16-7-9-19(25)10-8-16)17-5-4-6-18(15-17)24-22(26)28-21-13-11-20(27-3)12-14-21/h4-15,25H,1-3H3,(H,24,26). The number of phenolic OH excluding ortho intramolecular Hbond substituents is 1. The van der Waals surface area contributed by atoms with Crippen molar-refractivity contribution in [2.24, 2.45) is 0 Å². The Morgan fingerprint density at radius 2 is 1.54 bits per heavy atom. The maximum Gasteiger partial charge on any atom is 0.417 e. The van der Waals surface area contributed by atoms with E-state index in [-0.39, 0.29) is 11.2 Å². The Bertz CT molecular complexity index is 947. The SMILES string of the molecule is COc1ccc(OC(=O)Nc2cccc(C(C)(C)c3ccc(O)cc3)c2)cc1. The maximum absolute atomic E-state index is 12.2. The van der Waals surface area contributed by atoms with E-state index in [1.54, 1.807) is 43.5 Å². The maximum atomic E-state index is 12.2. The molecule has 0 fully saturated rings. The molecule has 144 valence electrons. The molecular weight excluding hydrogens is 354 g/mol. The van der Waals surface area contributed by atoms with Crippen LogP contribution in [0.3, 0.4) is 0 Å². The van der Waals surface area contributed by atoms with Crippen LogP contribution in [0.4, 0.5) is 10.5 Å². The topological polar surface area (TPSA) is 67.8 Å². The van der Waals surface area contributed by atoms with Crippen molar-refractivity contribution in [2.75, 3.05) is 12.4 Å². The van der Waals surface area contributed by atoms with Crippen molar-refractivity contribution in [2.45, 2.75) is 19.3 Å². The first kappa shape index (κ1) is 19.3. The fraction of sp³-hybridized carbons (Fsp3) is 0.174. The largest absolute Gasteiger partial charge is 0.508 e. The van der Waals surface area contributed by atoms with Gasteiger partial charge in [0.05, 0.1) is 7.11 Å². The molecule has 2 N–H and O–H groups in total. The molecule has 3 aromatic carbocycles. The highest BCUT2D eigenvalue weighted by Crippen LogP contribution is 2.33. The van der Waals surface area contributed by atoms with E-state index in [1.807, 2.05) is 36.4 Å². The molecule has 0 aliphatic heterocycles. The van der Waals surface area contributed by atoms with Crippen molar-refractivity contribution in [3.05, 3.63) is 83.9 Å². The molecule has 0 aliphatic carbocycles. The number of phenols is 1. The quantitative estimate of drug-likeness (QED) is 0.630. The van der Waals surface area contributed by atoms with Gasteiger partial charge in [0.1, 0.15) is 17.2 Å². The zero-order valence-corrected chi connectivity index (χ0v) is 16.1. The minimum absolute atomic E-state index is 0.233. The Hall–Kier alpha value is -3.47. The molecule has 0 radical (unpaired) electrons. The fourth-order valence-electron chi connectivity index (χ4n) is 2.92. The first-order valence-electron chi connectivity index (χ1n) is 8.91. The van der Waals surface area contributed by atoms with Crippen molar-refractivity contribution in [1.82, 2.24) is 0 Å². The summed E-state index contributed by atoms with van der Waals surface area (Å²) in [5.41, 5.74) is 2.43. The molecule has 0 saturated carbocycles. The highest BCUT2D eigenvalue weighted by Gasteiger charge is 2.23. The van der Waals surface area contributed by atoms with Crippen LogP contribution in [0.5, 0.6) is 17.2 Å². The first-order chi connectivity index (χ1) is 13.4. The van der Waals surface area contributed by atoms with E-state index in [4.69, 9.17) is 9.47 Å². The molecule has 0 unspecified atom stereocenters. The number of rotatable bonds is 5. The number of methoxy groups -OCH3 is 1. The van der Waals surface area contributed by atoms with E-state index < -0.39 is 6.09 Å². The number of anilines is 1. The lowest BCUT2D eigenvalue weighted by atomic mass is 9.78. The van der Waals surface area contributed by atoms with E-state index in [2.05, 4.69) is 19.2 Å². The molecule has 0 spiro atoms. The molecule has 5 nitrogen and oxygen atoms in total. The molecule has 0 heterocycles. The second-order valence-corrected chi connectivity index (χ2v) is 6.94. The number of aromatic hydroxyl groups is 1. The summed E-state index contributed by atoms with van der Waals surface area (Å²) in [5.74, 6) is 1.35. The van der Waals surface area contributed by atoms with Gasteiger partial charge in [-0.15, -0.1) is 0 Å². The summed E-state index contributed by atoms with van der Waals surface area (Å²) in [6.07, 6.45) is -0.565. The van der Waals surface area contributed by atoms with Gasteiger partial charge in [-0.1, -0.05) is 38.1 Å². The summed E-state index contributed by atoms with van der Waals surface area (Å²) >= 11 is 0. The van der Waals surface area contributed by atoms with E-state index in [1.165, 1.54) is 0 Å². The van der Waals surface area contributed by atoms with Crippen molar-refractivity contribution < 1.29 is 19.4 Å². The summed E-state index contributed by atoms with van der Waals surface area (Å²) in [5, 5.41) is 12.3. The molecule has 0 aromatic heterocycles. The highest BCUT2D eigenvalue weighted by atomic mass is 16.6. The Labute approximate surface area is 164 Å². The molecular formula is C23H23NO4. The molecule has 28 heavy (non-hydrogen) atoms. The molecule has 0 atom stereocenters. The lowest BCUT2D eigenvalue weighted by Crippen LogP contribution is -2.20. The summed E-state index contributed by atoms with van der Waals surface area (Å²) < 4.78 is 10.4. The summed E-state index contributed by atoms with van der Waals surface area (Å²) in [6.45, 7) is 4.18. The molecule has 0 bridgehead atoms. The third-order valence-corrected chi connectivity index (χ3v) is 4.69. The second-order valence-electron chi connectivity index (χ2n) is 6.94. The Kier molecular flexibility index (Phi) is 5.54. The van der Waals surface area contributed by atoms with Crippen LogP contribution in [0.25, 0.3) is 0 Å². The summed E-state index contributed by atoms with van der Waals surface area (Å²) in [7, 11) is 1.58. The number of hydrogen-bond acceptors (Lipinski definition) is 4. The van der Waals surface area contributed by atoms with Crippen LogP contribution in [0.1, 0.15) is 25.0 Å². The number of carbonyl (C=O) groups excluding carboxylic acids is 1. The first-order valence-corrected chi connectivity index (χ1v) is 8.91. The van der Waals surface area contributed by atoms with Gasteiger partial charge in [0.2, 0.25) is 0 Å².